The van der Waals surface area contributed by atoms with Crippen LogP contribution in [0, 0.1) is 5.92 Å². The highest BCUT2D eigenvalue weighted by molar-refractivity contribution is 5.74. The SMILES string of the molecule is CC1CCN(C(=O)N2CCn3ccnc3C2)CC1. The van der Waals surface area contributed by atoms with E-state index in [0.717, 1.165) is 50.8 Å². The molecule has 5 heteroatoms. The van der Waals surface area contributed by atoms with E-state index in [0.29, 0.717) is 6.54 Å². The molecule has 0 aliphatic carbocycles. The van der Waals surface area contributed by atoms with Crippen molar-refractivity contribution in [2.24, 2.45) is 5.92 Å². The summed E-state index contributed by atoms with van der Waals surface area (Å²) in [6.07, 6.45) is 6.06. The number of urea groups is 1. The Morgan fingerprint density at radius 3 is 2.78 bits per heavy atom. The van der Waals surface area contributed by atoms with Gasteiger partial charge in [0, 0.05) is 38.6 Å². The number of nitrogens with zero attached hydrogens (tertiary/aromatic N) is 4. The summed E-state index contributed by atoms with van der Waals surface area (Å²) in [5, 5.41) is 0. The molecule has 2 aliphatic heterocycles. The second kappa shape index (κ2) is 4.63. The molecule has 1 saturated heterocycles. The van der Waals surface area contributed by atoms with Crippen LogP contribution >= 0.6 is 0 Å². The molecule has 2 amide bonds. The van der Waals surface area contributed by atoms with Crippen molar-refractivity contribution in [3.63, 3.8) is 0 Å². The predicted octanol–water partition coefficient (Wildman–Crippen LogP) is 1.55. The zero-order valence-electron chi connectivity index (χ0n) is 10.9. The summed E-state index contributed by atoms with van der Waals surface area (Å²) >= 11 is 0. The molecule has 0 saturated carbocycles. The van der Waals surface area contributed by atoms with Crippen LogP contribution in [-0.2, 0) is 13.1 Å². The van der Waals surface area contributed by atoms with Gasteiger partial charge >= 0.3 is 6.03 Å². The minimum atomic E-state index is 0.191. The van der Waals surface area contributed by atoms with Gasteiger partial charge in [-0.2, -0.15) is 0 Å². The summed E-state index contributed by atoms with van der Waals surface area (Å²) in [5.74, 6) is 1.76. The number of fused-ring (bicyclic) bond motifs is 1. The lowest BCUT2D eigenvalue weighted by atomic mass is 9.99. The highest BCUT2D eigenvalue weighted by Gasteiger charge is 2.27. The molecule has 3 heterocycles. The highest BCUT2D eigenvalue weighted by Crippen LogP contribution is 2.19. The molecule has 1 aromatic rings. The van der Waals surface area contributed by atoms with Crippen molar-refractivity contribution in [3.05, 3.63) is 18.2 Å². The van der Waals surface area contributed by atoms with Gasteiger partial charge in [0.05, 0.1) is 6.54 Å². The van der Waals surface area contributed by atoms with Crippen LogP contribution in [0.5, 0.6) is 0 Å². The van der Waals surface area contributed by atoms with Gasteiger partial charge in [0.25, 0.3) is 0 Å². The second-order valence-electron chi connectivity index (χ2n) is 5.41. The number of carbonyl (C=O) groups is 1. The Hall–Kier alpha value is -1.52. The normalized spacial score (nSPS) is 20.9. The van der Waals surface area contributed by atoms with E-state index in [-0.39, 0.29) is 6.03 Å². The number of hydrogen-bond donors (Lipinski definition) is 0. The molecule has 0 spiro atoms. The van der Waals surface area contributed by atoms with E-state index in [1.807, 2.05) is 22.2 Å². The van der Waals surface area contributed by atoms with Crippen molar-refractivity contribution in [2.75, 3.05) is 19.6 Å². The Bertz CT molecular complexity index is 434. The summed E-state index contributed by atoms with van der Waals surface area (Å²) in [6.45, 7) is 6.40. The van der Waals surface area contributed by atoms with E-state index in [9.17, 15) is 4.79 Å². The first kappa shape index (κ1) is 11.6. The van der Waals surface area contributed by atoms with Crippen molar-refractivity contribution in [2.45, 2.75) is 32.9 Å². The Morgan fingerprint density at radius 2 is 2.00 bits per heavy atom. The van der Waals surface area contributed by atoms with Gasteiger partial charge in [-0.3, -0.25) is 0 Å². The van der Waals surface area contributed by atoms with Crippen molar-refractivity contribution in [3.8, 4) is 0 Å². The van der Waals surface area contributed by atoms with E-state index in [1.54, 1.807) is 0 Å². The summed E-state index contributed by atoms with van der Waals surface area (Å²) in [5.41, 5.74) is 0. The molecule has 1 fully saturated rings. The number of aromatic nitrogens is 2. The van der Waals surface area contributed by atoms with Gasteiger partial charge in [-0.25, -0.2) is 9.78 Å². The van der Waals surface area contributed by atoms with Gasteiger partial charge in [-0.1, -0.05) is 6.92 Å². The van der Waals surface area contributed by atoms with Crippen LogP contribution in [0.4, 0.5) is 4.79 Å². The zero-order chi connectivity index (χ0) is 12.5. The molecule has 0 atom stereocenters. The second-order valence-corrected chi connectivity index (χ2v) is 5.41. The molecule has 5 nitrogen and oxygen atoms in total. The molecule has 98 valence electrons. The largest absolute Gasteiger partial charge is 0.332 e. The van der Waals surface area contributed by atoms with Crippen molar-refractivity contribution in [1.82, 2.24) is 19.4 Å². The van der Waals surface area contributed by atoms with Crippen LogP contribution in [0.2, 0.25) is 0 Å². The average molecular weight is 248 g/mol. The molecule has 0 bridgehead atoms. The maximum absolute atomic E-state index is 12.4. The van der Waals surface area contributed by atoms with Gasteiger partial charge in [-0.15, -0.1) is 0 Å². The first-order chi connectivity index (χ1) is 8.74. The lowest BCUT2D eigenvalue weighted by Crippen LogP contribution is -2.48. The molecule has 0 aromatic carbocycles. The van der Waals surface area contributed by atoms with Gasteiger partial charge in [0.15, 0.2) is 0 Å². The fraction of sp³-hybridized carbons (Fsp3) is 0.692. The van der Waals surface area contributed by atoms with Gasteiger partial charge in [-0.05, 0) is 18.8 Å². The molecule has 0 radical (unpaired) electrons. The maximum atomic E-state index is 12.4. The van der Waals surface area contributed by atoms with Gasteiger partial charge in [0.2, 0.25) is 0 Å². The van der Waals surface area contributed by atoms with Crippen molar-refractivity contribution in [1.29, 1.82) is 0 Å². The zero-order valence-corrected chi connectivity index (χ0v) is 10.9. The quantitative estimate of drug-likeness (QED) is 0.699. The van der Waals surface area contributed by atoms with E-state index in [2.05, 4.69) is 16.5 Å². The first-order valence-corrected chi connectivity index (χ1v) is 6.78. The lowest BCUT2D eigenvalue weighted by molar-refractivity contribution is 0.123. The van der Waals surface area contributed by atoms with E-state index in [4.69, 9.17) is 0 Å². The summed E-state index contributed by atoms with van der Waals surface area (Å²) in [6, 6.07) is 0.191. The molecular weight excluding hydrogens is 228 g/mol. The number of imidazole rings is 1. The Labute approximate surface area is 107 Å². The molecule has 0 N–H and O–H groups in total. The molecule has 0 unspecified atom stereocenters. The summed E-state index contributed by atoms with van der Waals surface area (Å²) in [7, 11) is 0. The number of rotatable bonds is 0. The van der Waals surface area contributed by atoms with Crippen molar-refractivity contribution < 1.29 is 4.79 Å². The number of likely N-dealkylation sites (tertiary alicyclic amines) is 1. The summed E-state index contributed by atoms with van der Waals surface area (Å²) in [4.78, 5) is 20.6. The smallest absolute Gasteiger partial charge is 0.320 e. The Kier molecular flexibility index (Phi) is 2.97. The predicted molar refractivity (Wildman–Crippen MR) is 68.0 cm³/mol. The summed E-state index contributed by atoms with van der Waals surface area (Å²) < 4.78 is 2.13. The van der Waals surface area contributed by atoms with Crippen LogP contribution in [0.15, 0.2) is 12.4 Å². The Balaban J connectivity index is 1.64. The van der Waals surface area contributed by atoms with Crippen LogP contribution < -0.4 is 0 Å². The minimum absolute atomic E-state index is 0.191. The standard InChI is InChI=1S/C13H20N4O/c1-11-2-5-16(6-3-11)13(18)17-9-8-15-7-4-14-12(15)10-17/h4,7,11H,2-3,5-6,8-10H2,1H3. The van der Waals surface area contributed by atoms with Gasteiger partial charge in [0.1, 0.15) is 5.82 Å². The fourth-order valence-corrected chi connectivity index (χ4v) is 2.74. The highest BCUT2D eigenvalue weighted by atomic mass is 16.2. The van der Waals surface area contributed by atoms with Crippen LogP contribution in [-0.4, -0.2) is 45.0 Å². The molecule has 1 aromatic heterocycles. The van der Waals surface area contributed by atoms with Crippen LogP contribution in [0.3, 0.4) is 0 Å². The topological polar surface area (TPSA) is 41.4 Å². The minimum Gasteiger partial charge on any atom is -0.332 e. The number of hydrogen-bond acceptors (Lipinski definition) is 2. The van der Waals surface area contributed by atoms with Crippen molar-refractivity contribution >= 4 is 6.03 Å². The lowest BCUT2D eigenvalue weighted by Gasteiger charge is -2.36. The first-order valence-electron chi connectivity index (χ1n) is 6.78. The number of piperidine rings is 1. The third-order valence-electron chi connectivity index (χ3n) is 4.07. The number of carbonyl (C=O) groups excluding carboxylic acids is 1. The number of amides is 2. The molecule has 3 rings (SSSR count). The molecule has 2 aliphatic rings. The van der Waals surface area contributed by atoms with Gasteiger partial charge < -0.3 is 14.4 Å². The van der Waals surface area contributed by atoms with Crippen LogP contribution in [0.25, 0.3) is 0 Å². The van der Waals surface area contributed by atoms with E-state index < -0.39 is 0 Å². The maximum Gasteiger partial charge on any atom is 0.320 e. The Morgan fingerprint density at radius 1 is 1.22 bits per heavy atom. The molecule has 18 heavy (non-hydrogen) atoms. The molecular formula is C13H20N4O. The van der Waals surface area contributed by atoms with Crippen LogP contribution in [0.1, 0.15) is 25.6 Å². The average Bonchev–Trinajstić information content (AvgIpc) is 2.86. The third kappa shape index (κ3) is 2.09. The monoisotopic (exact) mass is 248 g/mol. The fourth-order valence-electron chi connectivity index (χ4n) is 2.74. The third-order valence-corrected chi connectivity index (χ3v) is 4.07. The van der Waals surface area contributed by atoms with E-state index >= 15 is 0 Å². The van der Waals surface area contributed by atoms with E-state index in [1.165, 1.54) is 0 Å².